The number of rotatable bonds is 13. The van der Waals surface area contributed by atoms with Crippen LogP contribution in [0.3, 0.4) is 0 Å². The van der Waals surface area contributed by atoms with E-state index in [1.165, 1.54) is 43.1 Å². The number of anilines is 2. The Hall–Kier alpha value is -3.61. The van der Waals surface area contributed by atoms with Gasteiger partial charge in [-0.3, -0.25) is 14.5 Å². The van der Waals surface area contributed by atoms with Crippen LogP contribution in [0.15, 0.2) is 42.5 Å². The highest BCUT2D eigenvalue weighted by Crippen LogP contribution is 2.25. The number of nitrogens with two attached hydrogens (primary N) is 2. The molecular weight excluding hydrogens is 442 g/mol. The number of fused-ring (bicyclic) bond motifs is 1. The molecule has 35 heavy (non-hydrogen) atoms. The van der Waals surface area contributed by atoms with Gasteiger partial charge in [-0.05, 0) is 54.0 Å². The van der Waals surface area contributed by atoms with E-state index in [2.05, 4.69) is 6.92 Å². The van der Waals surface area contributed by atoms with E-state index in [1.54, 1.807) is 42.5 Å². The van der Waals surface area contributed by atoms with Gasteiger partial charge in [0, 0.05) is 24.0 Å². The predicted molar refractivity (Wildman–Crippen MR) is 139 cm³/mol. The molecule has 1 aliphatic heterocycles. The molecule has 7 heteroatoms. The summed E-state index contributed by atoms with van der Waals surface area (Å²) in [5.74, 6) is -1.06. The highest BCUT2D eigenvalue weighted by molar-refractivity contribution is 6.21. The largest absolute Gasteiger partial charge is 0.458 e. The maximum atomic E-state index is 12.8. The monoisotopic (exact) mass is 477 g/mol. The van der Waals surface area contributed by atoms with Crippen LogP contribution in [0.1, 0.15) is 90.1 Å². The Morgan fingerprint density at radius 1 is 0.857 bits per heavy atom. The van der Waals surface area contributed by atoms with Crippen LogP contribution in [0.4, 0.5) is 11.4 Å². The molecule has 0 saturated carbocycles. The van der Waals surface area contributed by atoms with Gasteiger partial charge in [-0.2, -0.15) is 0 Å². The standard InChI is InChI=1S/C28H35N3O4/c1-2-3-4-5-6-7-8-9-14-31-27(33)24-12-10-20(17-25(24)28(31)34)11-13-26(32)35-19-21-15-22(29)18-23(30)16-21/h10-13,15-18H,2-9,14,19,29-30H2,1H3/b13-11+. The summed E-state index contributed by atoms with van der Waals surface area (Å²) in [6, 6.07) is 10.0. The normalized spacial score (nSPS) is 13.0. The zero-order valence-electron chi connectivity index (χ0n) is 20.4. The van der Waals surface area contributed by atoms with Crippen LogP contribution in [-0.4, -0.2) is 29.2 Å². The Morgan fingerprint density at radius 2 is 1.49 bits per heavy atom. The molecular formula is C28H35N3O4. The quantitative estimate of drug-likeness (QED) is 0.132. The van der Waals surface area contributed by atoms with Crippen molar-refractivity contribution in [2.75, 3.05) is 18.0 Å². The Kier molecular flexibility index (Phi) is 9.47. The topological polar surface area (TPSA) is 116 Å². The summed E-state index contributed by atoms with van der Waals surface area (Å²) in [5, 5.41) is 0. The van der Waals surface area contributed by atoms with Gasteiger partial charge in [-0.15, -0.1) is 0 Å². The van der Waals surface area contributed by atoms with Gasteiger partial charge < -0.3 is 16.2 Å². The smallest absolute Gasteiger partial charge is 0.331 e. The lowest BCUT2D eigenvalue weighted by Gasteiger charge is -2.13. The van der Waals surface area contributed by atoms with Gasteiger partial charge in [-0.25, -0.2) is 4.79 Å². The van der Waals surface area contributed by atoms with Gasteiger partial charge in [0.1, 0.15) is 6.61 Å². The molecule has 0 fully saturated rings. The third-order valence-electron chi connectivity index (χ3n) is 6.06. The molecule has 2 aromatic rings. The van der Waals surface area contributed by atoms with Gasteiger partial charge in [0.2, 0.25) is 0 Å². The second-order valence-corrected chi connectivity index (χ2v) is 8.99. The summed E-state index contributed by atoms with van der Waals surface area (Å²) >= 11 is 0. The number of amides is 2. The fourth-order valence-electron chi connectivity index (χ4n) is 4.21. The van der Waals surface area contributed by atoms with Gasteiger partial charge in [0.15, 0.2) is 0 Å². The Bertz CT molecular complexity index is 1070. The highest BCUT2D eigenvalue weighted by atomic mass is 16.5. The van der Waals surface area contributed by atoms with E-state index in [0.717, 1.165) is 19.3 Å². The zero-order valence-corrected chi connectivity index (χ0v) is 20.4. The number of hydrogen-bond donors (Lipinski definition) is 2. The second kappa shape index (κ2) is 12.7. The van der Waals surface area contributed by atoms with E-state index in [0.29, 0.717) is 40.2 Å². The average Bonchev–Trinajstić information content (AvgIpc) is 3.06. The minimum Gasteiger partial charge on any atom is -0.458 e. The number of carbonyl (C=O) groups excluding carboxylic acids is 3. The lowest BCUT2D eigenvalue weighted by molar-refractivity contribution is -0.138. The summed E-state index contributed by atoms with van der Waals surface area (Å²) in [6.07, 6.45) is 12.1. The molecule has 4 N–H and O–H groups in total. The number of imide groups is 1. The molecule has 0 unspecified atom stereocenters. The van der Waals surface area contributed by atoms with Gasteiger partial charge >= 0.3 is 5.97 Å². The number of benzene rings is 2. The van der Waals surface area contributed by atoms with Gasteiger partial charge in [-0.1, -0.05) is 57.9 Å². The number of nitrogens with zero attached hydrogens (tertiary/aromatic N) is 1. The number of hydrogen-bond acceptors (Lipinski definition) is 6. The number of unbranched alkanes of at least 4 members (excludes halogenated alkanes) is 7. The number of ether oxygens (including phenoxy) is 1. The summed E-state index contributed by atoms with van der Waals surface area (Å²) < 4.78 is 5.23. The minimum atomic E-state index is -0.537. The van der Waals surface area contributed by atoms with Gasteiger partial charge in [0.05, 0.1) is 11.1 Å². The van der Waals surface area contributed by atoms with Crippen molar-refractivity contribution in [2.24, 2.45) is 0 Å². The van der Waals surface area contributed by atoms with E-state index in [4.69, 9.17) is 16.2 Å². The first-order valence-corrected chi connectivity index (χ1v) is 12.4. The molecule has 0 atom stereocenters. The molecule has 1 aliphatic rings. The molecule has 0 saturated heterocycles. The van der Waals surface area contributed by atoms with Crippen molar-refractivity contribution in [1.29, 1.82) is 0 Å². The van der Waals surface area contributed by atoms with Crippen LogP contribution < -0.4 is 11.5 Å². The number of esters is 1. The van der Waals surface area contributed by atoms with Crippen molar-refractivity contribution in [3.05, 3.63) is 64.7 Å². The summed E-state index contributed by atoms with van der Waals surface area (Å²) in [4.78, 5) is 38.9. The van der Waals surface area contributed by atoms with Crippen LogP contribution >= 0.6 is 0 Å². The van der Waals surface area contributed by atoms with E-state index in [1.807, 2.05) is 0 Å². The SMILES string of the molecule is CCCCCCCCCCN1C(=O)c2ccc(/C=C/C(=O)OCc3cc(N)cc(N)c3)cc2C1=O. The predicted octanol–water partition coefficient (Wildman–Crippen LogP) is 5.34. The maximum absolute atomic E-state index is 12.8. The van der Waals surface area contributed by atoms with E-state index < -0.39 is 5.97 Å². The van der Waals surface area contributed by atoms with E-state index in [9.17, 15) is 14.4 Å². The maximum Gasteiger partial charge on any atom is 0.331 e. The van der Waals surface area contributed by atoms with Crippen molar-refractivity contribution >= 4 is 35.2 Å². The molecule has 1 heterocycles. The van der Waals surface area contributed by atoms with Crippen LogP contribution in [0.2, 0.25) is 0 Å². The Balaban J connectivity index is 1.49. The molecule has 0 aliphatic carbocycles. The van der Waals surface area contributed by atoms with Crippen molar-refractivity contribution in [3.8, 4) is 0 Å². The first kappa shape index (κ1) is 26.0. The molecule has 0 radical (unpaired) electrons. The average molecular weight is 478 g/mol. The van der Waals surface area contributed by atoms with Crippen molar-refractivity contribution in [2.45, 2.75) is 64.9 Å². The fourth-order valence-corrected chi connectivity index (χ4v) is 4.21. The molecule has 3 rings (SSSR count). The minimum absolute atomic E-state index is 0.0449. The lowest BCUT2D eigenvalue weighted by atomic mass is 10.1. The number of carbonyl (C=O) groups is 3. The summed E-state index contributed by atoms with van der Waals surface area (Å²) in [6.45, 7) is 2.69. The van der Waals surface area contributed by atoms with Crippen molar-refractivity contribution < 1.29 is 19.1 Å². The van der Waals surface area contributed by atoms with Crippen LogP contribution in [-0.2, 0) is 16.1 Å². The zero-order chi connectivity index (χ0) is 25.2. The third kappa shape index (κ3) is 7.44. The second-order valence-electron chi connectivity index (χ2n) is 8.99. The third-order valence-corrected chi connectivity index (χ3v) is 6.06. The van der Waals surface area contributed by atoms with E-state index in [-0.39, 0.29) is 18.4 Å². The Morgan fingerprint density at radius 3 is 2.17 bits per heavy atom. The first-order chi connectivity index (χ1) is 16.9. The van der Waals surface area contributed by atoms with E-state index >= 15 is 0 Å². The van der Waals surface area contributed by atoms with Crippen LogP contribution in [0, 0.1) is 0 Å². The molecule has 7 nitrogen and oxygen atoms in total. The first-order valence-electron chi connectivity index (χ1n) is 12.4. The molecule has 2 aromatic carbocycles. The molecule has 2 amide bonds. The summed E-state index contributed by atoms with van der Waals surface area (Å²) in [5.41, 5.74) is 14.6. The van der Waals surface area contributed by atoms with Crippen LogP contribution in [0.25, 0.3) is 6.08 Å². The Labute approximate surface area is 207 Å². The summed E-state index contributed by atoms with van der Waals surface area (Å²) in [7, 11) is 0. The van der Waals surface area contributed by atoms with Gasteiger partial charge in [0.25, 0.3) is 11.8 Å². The molecule has 0 aromatic heterocycles. The fraction of sp³-hybridized carbons (Fsp3) is 0.393. The molecule has 186 valence electrons. The molecule has 0 bridgehead atoms. The lowest BCUT2D eigenvalue weighted by Crippen LogP contribution is -2.30. The van der Waals surface area contributed by atoms with Crippen LogP contribution in [0.5, 0.6) is 0 Å². The molecule has 0 spiro atoms. The van der Waals surface area contributed by atoms with Crippen molar-refractivity contribution in [1.82, 2.24) is 4.90 Å². The van der Waals surface area contributed by atoms with Crippen molar-refractivity contribution in [3.63, 3.8) is 0 Å². The number of nitrogen functional groups attached to an aromatic ring is 2. The highest BCUT2D eigenvalue weighted by Gasteiger charge is 2.34.